The Bertz CT molecular complexity index is 455. The van der Waals surface area contributed by atoms with Crippen LogP contribution in [0.5, 0.6) is 11.5 Å². The highest BCUT2D eigenvalue weighted by molar-refractivity contribution is 9.10. The lowest BCUT2D eigenvalue weighted by molar-refractivity contribution is 0.296. The lowest BCUT2D eigenvalue weighted by Crippen LogP contribution is -2.33. The molecule has 2 aliphatic rings. The van der Waals surface area contributed by atoms with E-state index in [1.54, 1.807) is 0 Å². The van der Waals surface area contributed by atoms with E-state index >= 15 is 0 Å². The molecule has 98 valence electrons. The molecule has 0 radical (unpaired) electrons. The summed E-state index contributed by atoms with van der Waals surface area (Å²) in [5.74, 6) is 1.64. The predicted octanol–water partition coefficient (Wildman–Crippen LogP) is 3.34. The number of rotatable bonds is 1. The summed E-state index contributed by atoms with van der Waals surface area (Å²) in [7, 11) is 0. The van der Waals surface area contributed by atoms with Crippen molar-refractivity contribution in [2.45, 2.75) is 37.6 Å². The normalized spacial score (nSPS) is 21.7. The summed E-state index contributed by atoms with van der Waals surface area (Å²) >= 11 is 3.66. The fourth-order valence-corrected chi connectivity index (χ4v) is 3.70. The topological polar surface area (TPSA) is 44.5 Å². The van der Waals surface area contributed by atoms with Crippen LogP contribution in [0.2, 0.25) is 0 Å². The standard InChI is InChI=1S/C14H18BrNO2/c15-12-10(14(16)6-1-2-7-14)4-5-11-13(12)18-9-3-8-17-11/h4-5H,1-3,6-9,16H2. The number of hydrogen-bond acceptors (Lipinski definition) is 3. The van der Waals surface area contributed by atoms with E-state index in [4.69, 9.17) is 15.2 Å². The Kier molecular flexibility index (Phi) is 3.24. The van der Waals surface area contributed by atoms with E-state index in [1.807, 2.05) is 6.07 Å². The Morgan fingerprint density at radius 1 is 1.06 bits per heavy atom. The fraction of sp³-hybridized carbons (Fsp3) is 0.571. The van der Waals surface area contributed by atoms with E-state index in [0.29, 0.717) is 13.2 Å². The maximum absolute atomic E-state index is 6.53. The zero-order chi connectivity index (χ0) is 12.6. The molecule has 1 fully saturated rings. The van der Waals surface area contributed by atoms with Gasteiger partial charge in [-0.2, -0.15) is 0 Å². The minimum atomic E-state index is -0.205. The van der Waals surface area contributed by atoms with Crippen molar-refractivity contribution < 1.29 is 9.47 Å². The van der Waals surface area contributed by atoms with Gasteiger partial charge in [0.05, 0.1) is 17.7 Å². The minimum absolute atomic E-state index is 0.205. The number of ether oxygens (including phenoxy) is 2. The summed E-state index contributed by atoms with van der Waals surface area (Å²) in [6.07, 6.45) is 5.43. The van der Waals surface area contributed by atoms with Gasteiger partial charge in [0.25, 0.3) is 0 Å². The third kappa shape index (κ3) is 2.01. The van der Waals surface area contributed by atoms with Crippen molar-refractivity contribution in [2.24, 2.45) is 5.73 Å². The summed E-state index contributed by atoms with van der Waals surface area (Å²) in [5, 5.41) is 0. The van der Waals surface area contributed by atoms with Crippen LogP contribution in [-0.4, -0.2) is 13.2 Å². The molecule has 1 aromatic carbocycles. The van der Waals surface area contributed by atoms with Crippen molar-refractivity contribution >= 4 is 15.9 Å². The molecule has 0 spiro atoms. The first-order valence-electron chi connectivity index (χ1n) is 6.58. The van der Waals surface area contributed by atoms with Crippen molar-refractivity contribution in [2.75, 3.05) is 13.2 Å². The van der Waals surface area contributed by atoms with Crippen LogP contribution in [-0.2, 0) is 5.54 Å². The van der Waals surface area contributed by atoms with E-state index < -0.39 is 0 Å². The highest BCUT2D eigenvalue weighted by atomic mass is 79.9. The molecule has 0 aromatic heterocycles. The third-order valence-corrected chi connectivity index (χ3v) is 4.67. The number of fused-ring (bicyclic) bond motifs is 1. The van der Waals surface area contributed by atoms with E-state index in [0.717, 1.165) is 40.8 Å². The number of nitrogens with two attached hydrogens (primary N) is 1. The maximum Gasteiger partial charge on any atom is 0.175 e. The quantitative estimate of drug-likeness (QED) is 0.865. The first-order valence-corrected chi connectivity index (χ1v) is 7.37. The third-order valence-electron chi connectivity index (χ3n) is 3.89. The number of benzene rings is 1. The largest absolute Gasteiger partial charge is 0.490 e. The molecule has 0 atom stereocenters. The minimum Gasteiger partial charge on any atom is -0.490 e. The molecular weight excluding hydrogens is 294 g/mol. The summed E-state index contributed by atoms with van der Waals surface area (Å²) < 4.78 is 12.5. The van der Waals surface area contributed by atoms with Crippen molar-refractivity contribution in [3.05, 3.63) is 22.2 Å². The van der Waals surface area contributed by atoms with Crippen molar-refractivity contribution in [3.63, 3.8) is 0 Å². The Balaban J connectivity index is 2.04. The van der Waals surface area contributed by atoms with Crippen LogP contribution in [0.1, 0.15) is 37.7 Å². The van der Waals surface area contributed by atoms with Crippen LogP contribution in [0, 0.1) is 0 Å². The molecule has 0 unspecified atom stereocenters. The zero-order valence-electron chi connectivity index (χ0n) is 10.4. The molecule has 1 heterocycles. The molecule has 3 nitrogen and oxygen atoms in total. The molecule has 2 N–H and O–H groups in total. The van der Waals surface area contributed by atoms with Crippen molar-refractivity contribution in [3.8, 4) is 11.5 Å². The molecule has 0 bridgehead atoms. The Morgan fingerprint density at radius 3 is 2.56 bits per heavy atom. The molecule has 1 saturated carbocycles. The Hall–Kier alpha value is -0.740. The summed E-state index contributed by atoms with van der Waals surface area (Å²) in [5.41, 5.74) is 7.48. The first-order chi connectivity index (χ1) is 8.71. The summed E-state index contributed by atoms with van der Waals surface area (Å²) in [6, 6.07) is 4.08. The molecule has 1 aromatic rings. The van der Waals surface area contributed by atoms with Gasteiger partial charge in [0, 0.05) is 12.0 Å². The Labute approximate surface area is 116 Å². The van der Waals surface area contributed by atoms with Gasteiger partial charge in [0.2, 0.25) is 0 Å². The summed E-state index contributed by atoms with van der Waals surface area (Å²) in [6.45, 7) is 1.42. The zero-order valence-corrected chi connectivity index (χ0v) is 12.0. The van der Waals surface area contributed by atoms with Crippen LogP contribution in [0.15, 0.2) is 16.6 Å². The van der Waals surface area contributed by atoms with Gasteiger partial charge in [-0.1, -0.05) is 18.9 Å². The second kappa shape index (κ2) is 4.74. The maximum atomic E-state index is 6.53. The van der Waals surface area contributed by atoms with Crippen LogP contribution >= 0.6 is 15.9 Å². The fourth-order valence-electron chi connectivity index (χ4n) is 2.86. The van der Waals surface area contributed by atoms with E-state index in [1.165, 1.54) is 12.8 Å². The number of hydrogen-bond donors (Lipinski definition) is 1. The van der Waals surface area contributed by atoms with Crippen LogP contribution < -0.4 is 15.2 Å². The molecule has 18 heavy (non-hydrogen) atoms. The van der Waals surface area contributed by atoms with Gasteiger partial charge < -0.3 is 15.2 Å². The van der Waals surface area contributed by atoms with Crippen molar-refractivity contribution in [1.82, 2.24) is 0 Å². The second-order valence-corrected chi connectivity index (χ2v) is 5.96. The van der Waals surface area contributed by atoms with Gasteiger partial charge in [0.15, 0.2) is 11.5 Å². The lowest BCUT2D eigenvalue weighted by atomic mass is 9.89. The monoisotopic (exact) mass is 311 g/mol. The van der Waals surface area contributed by atoms with Crippen molar-refractivity contribution in [1.29, 1.82) is 0 Å². The molecular formula is C14H18BrNO2. The van der Waals surface area contributed by atoms with Crippen LogP contribution in [0.25, 0.3) is 0 Å². The van der Waals surface area contributed by atoms with Gasteiger partial charge in [-0.05, 0) is 40.4 Å². The van der Waals surface area contributed by atoms with Gasteiger partial charge in [-0.25, -0.2) is 0 Å². The molecule has 0 amide bonds. The van der Waals surface area contributed by atoms with Crippen LogP contribution in [0.4, 0.5) is 0 Å². The van der Waals surface area contributed by atoms with Gasteiger partial charge in [-0.3, -0.25) is 0 Å². The molecule has 1 aliphatic heterocycles. The Morgan fingerprint density at radius 2 is 1.78 bits per heavy atom. The highest BCUT2D eigenvalue weighted by Crippen LogP contribution is 2.46. The predicted molar refractivity (Wildman–Crippen MR) is 74.1 cm³/mol. The van der Waals surface area contributed by atoms with E-state index in [9.17, 15) is 0 Å². The average molecular weight is 312 g/mol. The van der Waals surface area contributed by atoms with E-state index in [2.05, 4.69) is 22.0 Å². The van der Waals surface area contributed by atoms with Gasteiger partial charge >= 0.3 is 0 Å². The molecule has 3 rings (SSSR count). The van der Waals surface area contributed by atoms with Crippen LogP contribution in [0.3, 0.4) is 0 Å². The summed E-state index contributed by atoms with van der Waals surface area (Å²) in [4.78, 5) is 0. The molecule has 0 saturated heterocycles. The van der Waals surface area contributed by atoms with E-state index in [-0.39, 0.29) is 5.54 Å². The first kappa shape index (κ1) is 12.3. The van der Waals surface area contributed by atoms with Gasteiger partial charge in [-0.15, -0.1) is 0 Å². The molecule has 1 aliphatic carbocycles. The lowest BCUT2D eigenvalue weighted by Gasteiger charge is -2.26. The highest BCUT2D eigenvalue weighted by Gasteiger charge is 2.34. The molecule has 4 heteroatoms. The SMILES string of the molecule is NC1(c2ccc3c(c2Br)OCCCO3)CCCC1. The van der Waals surface area contributed by atoms with Gasteiger partial charge in [0.1, 0.15) is 0 Å². The number of halogens is 1. The average Bonchev–Trinajstić information content (AvgIpc) is 2.65. The smallest absolute Gasteiger partial charge is 0.175 e. The second-order valence-electron chi connectivity index (χ2n) is 5.17.